The van der Waals surface area contributed by atoms with Gasteiger partial charge in [0, 0.05) is 17.5 Å². The largest absolute Gasteiger partial charge is 0.387 e. The van der Waals surface area contributed by atoms with Gasteiger partial charge in [-0.2, -0.15) is 0 Å². The molecule has 2 rings (SSSR count). The first kappa shape index (κ1) is 14.3. The van der Waals surface area contributed by atoms with Crippen LogP contribution in [0.5, 0.6) is 0 Å². The highest BCUT2D eigenvalue weighted by Crippen LogP contribution is 2.18. The number of amides is 1. The Morgan fingerprint density at radius 3 is 2.63 bits per heavy atom. The number of hydrogen-bond acceptors (Lipinski definition) is 3. The fourth-order valence-corrected chi connectivity index (χ4v) is 2.17. The molecule has 1 saturated heterocycles. The molecule has 0 bridgehead atoms. The summed E-state index contributed by atoms with van der Waals surface area (Å²) in [5.41, 5.74) is 0.752. The fraction of sp³-hybridized carbons (Fsp3) is 0.500. The van der Waals surface area contributed by atoms with Gasteiger partial charge >= 0.3 is 0 Å². The van der Waals surface area contributed by atoms with Crippen molar-refractivity contribution in [1.82, 2.24) is 10.6 Å². The Kier molecular flexibility index (Phi) is 4.80. The molecule has 0 aliphatic carbocycles. The lowest BCUT2D eigenvalue weighted by atomic mass is 9.88. The number of carbonyl (C=O) groups excluding carboxylic acids is 1. The average molecular weight is 283 g/mol. The number of hydrogen-bond donors (Lipinski definition) is 3. The smallest absolute Gasteiger partial charge is 0.223 e. The quantitative estimate of drug-likeness (QED) is 0.764. The standard InChI is InChI=1S/C14H19ClN2O2/c1-9(11-6-16-7-11)14(19)17-8-13(18)10-2-4-12(15)5-3-10/h2-5,9,11,13,16,18H,6-8H2,1H3,(H,17,19). The average Bonchev–Trinajstić information content (AvgIpc) is 2.34. The van der Waals surface area contributed by atoms with Crippen LogP contribution in [0.2, 0.25) is 5.02 Å². The topological polar surface area (TPSA) is 61.4 Å². The number of aliphatic hydroxyl groups is 1. The van der Waals surface area contributed by atoms with E-state index in [9.17, 15) is 9.90 Å². The molecule has 0 spiro atoms. The van der Waals surface area contributed by atoms with Crippen molar-refractivity contribution in [2.45, 2.75) is 13.0 Å². The molecular weight excluding hydrogens is 264 g/mol. The molecular formula is C14H19ClN2O2. The SMILES string of the molecule is CC(C(=O)NCC(O)c1ccc(Cl)cc1)C1CNC1. The van der Waals surface area contributed by atoms with Gasteiger partial charge in [-0.15, -0.1) is 0 Å². The molecule has 104 valence electrons. The summed E-state index contributed by atoms with van der Waals surface area (Å²) in [7, 11) is 0. The minimum Gasteiger partial charge on any atom is -0.387 e. The summed E-state index contributed by atoms with van der Waals surface area (Å²) in [6.07, 6.45) is -0.701. The van der Waals surface area contributed by atoms with E-state index in [4.69, 9.17) is 11.6 Å². The molecule has 5 heteroatoms. The summed E-state index contributed by atoms with van der Waals surface area (Å²) in [6, 6.07) is 6.98. The van der Waals surface area contributed by atoms with E-state index in [1.165, 1.54) is 0 Å². The Hall–Kier alpha value is -1.10. The predicted octanol–water partition coefficient (Wildman–Crippen LogP) is 1.35. The Balaban J connectivity index is 1.80. The van der Waals surface area contributed by atoms with Crippen LogP contribution >= 0.6 is 11.6 Å². The summed E-state index contributed by atoms with van der Waals surface area (Å²) in [6.45, 7) is 3.95. The molecule has 1 heterocycles. The van der Waals surface area contributed by atoms with E-state index in [1.807, 2.05) is 6.92 Å². The maximum Gasteiger partial charge on any atom is 0.223 e. The lowest BCUT2D eigenvalue weighted by Crippen LogP contribution is -2.50. The first-order valence-electron chi connectivity index (χ1n) is 6.50. The molecule has 1 aromatic carbocycles. The lowest BCUT2D eigenvalue weighted by molar-refractivity contribution is -0.127. The summed E-state index contributed by atoms with van der Waals surface area (Å²) < 4.78 is 0. The van der Waals surface area contributed by atoms with Crippen LogP contribution in [0.25, 0.3) is 0 Å². The van der Waals surface area contributed by atoms with Gasteiger partial charge in [-0.05, 0) is 36.7 Å². The normalized spacial score (nSPS) is 18.5. The molecule has 1 fully saturated rings. The van der Waals surface area contributed by atoms with Gasteiger partial charge in [-0.1, -0.05) is 30.7 Å². The van der Waals surface area contributed by atoms with Gasteiger partial charge in [-0.25, -0.2) is 0 Å². The molecule has 2 atom stereocenters. The number of aliphatic hydroxyl groups excluding tert-OH is 1. The first-order chi connectivity index (χ1) is 9.08. The van der Waals surface area contributed by atoms with E-state index in [0.29, 0.717) is 10.9 Å². The highest BCUT2D eigenvalue weighted by atomic mass is 35.5. The van der Waals surface area contributed by atoms with Crippen LogP contribution in [0.15, 0.2) is 24.3 Å². The van der Waals surface area contributed by atoms with Crippen molar-refractivity contribution < 1.29 is 9.90 Å². The van der Waals surface area contributed by atoms with E-state index in [2.05, 4.69) is 10.6 Å². The highest BCUT2D eigenvalue weighted by Gasteiger charge is 2.28. The van der Waals surface area contributed by atoms with Gasteiger partial charge in [0.05, 0.1) is 6.10 Å². The first-order valence-corrected chi connectivity index (χ1v) is 6.87. The fourth-order valence-electron chi connectivity index (χ4n) is 2.04. The Labute approximate surface area is 118 Å². The molecule has 1 aliphatic heterocycles. The zero-order valence-electron chi connectivity index (χ0n) is 10.9. The maximum atomic E-state index is 11.9. The van der Waals surface area contributed by atoms with Crippen molar-refractivity contribution in [2.75, 3.05) is 19.6 Å². The zero-order valence-corrected chi connectivity index (χ0v) is 11.7. The molecule has 3 N–H and O–H groups in total. The molecule has 0 aromatic heterocycles. The van der Waals surface area contributed by atoms with Gasteiger partial charge in [-0.3, -0.25) is 4.79 Å². The molecule has 4 nitrogen and oxygen atoms in total. The predicted molar refractivity (Wildman–Crippen MR) is 74.9 cm³/mol. The van der Waals surface area contributed by atoms with E-state index < -0.39 is 6.10 Å². The summed E-state index contributed by atoms with van der Waals surface area (Å²) in [5.74, 6) is 0.394. The van der Waals surface area contributed by atoms with Crippen molar-refractivity contribution in [1.29, 1.82) is 0 Å². The second kappa shape index (κ2) is 6.37. The Morgan fingerprint density at radius 1 is 1.47 bits per heavy atom. The van der Waals surface area contributed by atoms with E-state index in [1.54, 1.807) is 24.3 Å². The second-order valence-corrected chi connectivity index (χ2v) is 5.46. The van der Waals surface area contributed by atoms with Gasteiger partial charge in [0.25, 0.3) is 0 Å². The van der Waals surface area contributed by atoms with Gasteiger partial charge in [0.1, 0.15) is 0 Å². The third kappa shape index (κ3) is 3.69. The molecule has 1 amide bonds. The number of nitrogens with one attached hydrogen (secondary N) is 2. The monoisotopic (exact) mass is 282 g/mol. The molecule has 0 saturated carbocycles. The third-order valence-electron chi connectivity index (χ3n) is 3.66. The minimum absolute atomic E-state index is 0.000450. The number of rotatable bonds is 5. The van der Waals surface area contributed by atoms with Crippen molar-refractivity contribution in [3.05, 3.63) is 34.9 Å². The Morgan fingerprint density at radius 2 is 2.11 bits per heavy atom. The van der Waals surface area contributed by atoms with Crippen LogP contribution in [0, 0.1) is 11.8 Å². The van der Waals surface area contributed by atoms with E-state index in [-0.39, 0.29) is 18.4 Å². The van der Waals surface area contributed by atoms with Crippen LogP contribution in [-0.4, -0.2) is 30.6 Å². The van der Waals surface area contributed by atoms with Crippen LogP contribution < -0.4 is 10.6 Å². The van der Waals surface area contributed by atoms with Crippen molar-refractivity contribution in [3.63, 3.8) is 0 Å². The summed E-state index contributed by atoms with van der Waals surface area (Å²) in [5, 5.41) is 16.6. The molecule has 1 aromatic rings. The molecule has 2 unspecified atom stereocenters. The summed E-state index contributed by atoms with van der Waals surface area (Å²) in [4.78, 5) is 11.9. The van der Waals surface area contributed by atoms with Gasteiger partial charge in [0.15, 0.2) is 0 Å². The summed E-state index contributed by atoms with van der Waals surface area (Å²) >= 11 is 5.79. The molecule has 0 radical (unpaired) electrons. The lowest BCUT2D eigenvalue weighted by Gasteiger charge is -2.31. The van der Waals surface area contributed by atoms with Crippen LogP contribution in [0.3, 0.4) is 0 Å². The van der Waals surface area contributed by atoms with Crippen LogP contribution in [-0.2, 0) is 4.79 Å². The van der Waals surface area contributed by atoms with Crippen molar-refractivity contribution in [3.8, 4) is 0 Å². The van der Waals surface area contributed by atoms with Crippen LogP contribution in [0.4, 0.5) is 0 Å². The van der Waals surface area contributed by atoms with Gasteiger partial charge in [0.2, 0.25) is 5.91 Å². The molecule has 19 heavy (non-hydrogen) atoms. The van der Waals surface area contributed by atoms with Crippen LogP contribution in [0.1, 0.15) is 18.6 Å². The second-order valence-electron chi connectivity index (χ2n) is 5.02. The maximum absolute atomic E-state index is 11.9. The number of benzene rings is 1. The zero-order chi connectivity index (χ0) is 13.8. The highest BCUT2D eigenvalue weighted by molar-refractivity contribution is 6.30. The van der Waals surface area contributed by atoms with E-state index >= 15 is 0 Å². The van der Waals surface area contributed by atoms with Gasteiger partial charge < -0.3 is 15.7 Å². The number of carbonyl (C=O) groups is 1. The van der Waals surface area contributed by atoms with Crippen molar-refractivity contribution in [2.24, 2.45) is 11.8 Å². The number of halogens is 1. The third-order valence-corrected chi connectivity index (χ3v) is 3.91. The van der Waals surface area contributed by atoms with Crippen molar-refractivity contribution >= 4 is 17.5 Å². The minimum atomic E-state index is -0.701. The Bertz CT molecular complexity index is 432. The molecule has 1 aliphatic rings. The van der Waals surface area contributed by atoms with E-state index in [0.717, 1.165) is 18.7 Å².